The first-order chi connectivity index (χ1) is 10.6. The van der Waals surface area contributed by atoms with Crippen molar-refractivity contribution < 1.29 is 18.5 Å². The Morgan fingerprint density at radius 3 is 1.35 bits per heavy atom. The Balaban J connectivity index is 2.17. The number of benzene rings is 2. The van der Waals surface area contributed by atoms with E-state index in [0.717, 1.165) is 11.1 Å². The first kappa shape index (κ1) is 17.9. The molecular formula is C18H23O4P. The molecule has 124 valence electrons. The van der Waals surface area contributed by atoms with Gasteiger partial charge >= 0.3 is 7.82 Å². The lowest BCUT2D eigenvalue weighted by atomic mass is 9.99. The summed E-state index contributed by atoms with van der Waals surface area (Å²) in [5.74, 6) is 0. The van der Waals surface area contributed by atoms with Crippen molar-refractivity contribution in [2.75, 3.05) is 0 Å². The summed E-state index contributed by atoms with van der Waals surface area (Å²) in [6.07, 6.45) is 0. The van der Waals surface area contributed by atoms with Crippen molar-refractivity contribution in [1.82, 2.24) is 0 Å². The van der Waals surface area contributed by atoms with Crippen LogP contribution in [-0.2, 0) is 24.8 Å². The Bertz CT molecular complexity index is 623. The van der Waals surface area contributed by atoms with Gasteiger partial charge in [0.2, 0.25) is 0 Å². The lowest BCUT2D eigenvalue weighted by Crippen LogP contribution is -2.25. The van der Waals surface area contributed by atoms with Crippen LogP contribution in [0.1, 0.15) is 38.8 Å². The lowest BCUT2D eigenvalue weighted by molar-refractivity contribution is -0.000249. The molecule has 0 fully saturated rings. The third kappa shape index (κ3) is 4.76. The largest absolute Gasteiger partial charge is 0.473 e. The van der Waals surface area contributed by atoms with Gasteiger partial charge in [-0.1, -0.05) is 60.7 Å². The molecule has 0 heterocycles. The van der Waals surface area contributed by atoms with Crippen LogP contribution in [0.5, 0.6) is 0 Å². The minimum Gasteiger partial charge on any atom is -0.302 e. The summed E-state index contributed by atoms with van der Waals surface area (Å²) in [7, 11) is -4.27. The van der Waals surface area contributed by atoms with E-state index in [0.29, 0.717) is 0 Å². The van der Waals surface area contributed by atoms with Crippen molar-refractivity contribution in [2.24, 2.45) is 0 Å². The highest BCUT2D eigenvalue weighted by Crippen LogP contribution is 2.54. The number of phosphoric ester groups is 1. The van der Waals surface area contributed by atoms with Crippen molar-refractivity contribution in [3.8, 4) is 0 Å². The maximum atomic E-state index is 12.5. The van der Waals surface area contributed by atoms with E-state index in [4.69, 9.17) is 9.05 Å². The second-order valence-electron chi connectivity index (χ2n) is 6.40. The molecule has 0 amide bonds. The molecule has 5 heteroatoms. The number of hydrogen-bond acceptors (Lipinski definition) is 3. The molecule has 2 rings (SSSR count). The van der Waals surface area contributed by atoms with Gasteiger partial charge in [0, 0.05) is 0 Å². The van der Waals surface area contributed by atoms with Gasteiger partial charge in [0.25, 0.3) is 0 Å². The molecule has 4 nitrogen and oxygen atoms in total. The van der Waals surface area contributed by atoms with Crippen molar-refractivity contribution >= 4 is 7.82 Å². The number of hydrogen-bond donors (Lipinski definition) is 1. The van der Waals surface area contributed by atoms with Crippen molar-refractivity contribution in [1.29, 1.82) is 0 Å². The minimum absolute atomic E-state index is 0.801. The van der Waals surface area contributed by atoms with Crippen LogP contribution in [0, 0.1) is 0 Å². The molecule has 2 aromatic rings. The average Bonchev–Trinajstić information content (AvgIpc) is 2.47. The van der Waals surface area contributed by atoms with E-state index in [1.54, 1.807) is 27.7 Å². The van der Waals surface area contributed by atoms with Crippen molar-refractivity contribution in [3.63, 3.8) is 0 Å². The van der Waals surface area contributed by atoms with Crippen LogP contribution in [-0.4, -0.2) is 4.89 Å². The van der Waals surface area contributed by atoms with Crippen LogP contribution in [0.15, 0.2) is 60.7 Å². The molecule has 0 aliphatic carbocycles. The zero-order chi connectivity index (χ0) is 17.1. The zero-order valence-electron chi connectivity index (χ0n) is 13.9. The van der Waals surface area contributed by atoms with Gasteiger partial charge in [-0.15, -0.1) is 0 Å². The Morgan fingerprint density at radius 1 is 0.739 bits per heavy atom. The molecule has 0 unspecified atom stereocenters. The molecular weight excluding hydrogens is 311 g/mol. The summed E-state index contributed by atoms with van der Waals surface area (Å²) in [6, 6.07) is 18.6. The summed E-state index contributed by atoms with van der Waals surface area (Å²) in [6.45, 7) is 6.96. The highest BCUT2D eigenvalue weighted by molar-refractivity contribution is 7.47. The fourth-order valence-corrected chi connectivity index (χ4v) is 3.78. The normalized spacial score (nSPS) is 13.1. The van der Waals surface area contributed by atoms with Crippen LogP contribution in [0.3, 0.4) is 0 Å². The summed E-state index contributed by atoms with van der Waals surface area (Å²) >= 11 is 0. The van der Waals surface area contributed by atoms with Crippen molar-refractivity contribution in [2.45, 2.75) is 38.9 Å². The van der Waals surface area contributed by atoms with Gasteiger partial charge in [-0.25, -0.2) is 4.57 Å². The molecule has 0 atom stereocenters. The Morgan fingerprint density at radius 2 is 1.04 bits per heavy atom. The molecule has 2 aromatic carbocycles. The summed E-state index contributed by atoms with van der Waals surface area (Å²) < 4.78 is 23.4. The van der Waals surface area contributed by atoms with Gasteiger partial charge in [-0.2, -0.15) is 0 Å². The molecule has 0 radical (unpaired) electrons. The highest BCUT2D eigenvalue weighted by atomic mass is 31.2. The molecule has 23 heavy (non-hydrogen) atoms. The van der Waals surface area contributed by atoms with E-state index in [-0.39, 0.29) is 0 Å². The van der Waals surface area contributed by atoms with E-state index in [9.17, 15) is 9.46 Å². The Hall–Kier alpha value is -1.45. The topological polar surface area (TPSA) is 55.8 Å². The number of rotatable bonds is 6. The molecule has 0 aromatic heterocycles. The molecule has 0 bridgehead atoms. The lowest BCUT2D eigenvalue weighted by Gasteiger charge is -2.32. The third-order valence-electron chi connectivity index (χ3n) is 3.63. The summed E-state index contributed by atoms with van der Waals surface area (Å²) in [5.41, 5.74) is -0.290. The molecule has 1 N–H and O–H groups in total. The van der Waals surface area contributed by atoms with Crippen LogP contribution in [0.2, 0.25) is 0 Å². The first-order valence-corrected chi connectivity index (χ1v) is 8.97. The monoisotopic (exact) mass is 334 g/mol. The van der Waals surface area contributed by atoms with Crippen LogP contribution in [0.25, 0.3) is 0 Å². The third-order valence-corrected chi connectivity index (χ3v) is 5.00. The Labute approximate surface area is 137 Å². The molecule has 0 spiro atoms. The maximum Gasteiger partial charge on any atom is 0.473 e. The van der Waals surface area contributed by atoms with E-state index in [1.807, 2.05) is 60.7 Å². The predicted octanol–water partition coefficient (Wildman–Crippen LogP) is 4.99. The highest BCUT2D eigenvalue weighted by Gasteiger charge is 2.38. The fraction of sp³-hybridized carbons (Fsp3) is 0.333. The SMILES string of the molecule is CC(C)(OP(=O)(O)OC(C)(C)c1ccccc1)c1ccccc1. The van der Waals surface area contributed by atoms with Crippen LogP contribution in [0.4, 0.5) is 0 Å². The molecule has 0 saturated heterocycles. The smallest absolute Gasteiger partial charge is 0.302 e. The maximum absolute atomic E-state index is 12.5. The quantitative estimate of drug-likeness (QED) is 0.756. The zero-order valence-corrected chi connectivity index (χ0v) is 14.8. The van der Waals surface area contributed by atoms with Gasteiger partial charge in [-0.05, 0) is 38.8 Å². The number of phosphoric acid groups is 1. The van der Waals surface area contributed by atoms with Gasteiger partial charge in [0.05, 0.1) is 11.2 Å². The predicted molar refractivity (Wildman–Crippen MR) is 90.9 cm³/mol. The van der Waals surface area contributed by atoms with E-state index in [2.05, 4.69) is 0 Å². The van der Waals surface area contributed by atoms with Crippen molar-refractivity contribution in [3.05, 3.63) is 71.8 Å². The second kappa shape index (κ2) is 6.58. The van der Waals surface area contributed by atoms with Crippen LogP contribution >= 0.6 is 7.82 Å². The second-order valence-corrected chi connectivity index (χ2v) is 7.71. The van der Waals surface area contributed by atoms with E-state index in [1.165, 1.54) is 0 Å². The van der Waals surface area contributed by atoms with Crippen LogP contribution < -0.4 is 0 Å². The van der Waals surface area contributed by atoms with Gasteiger partial charge < -0.3 is 4.89 Å². The van der Waals surface area contributed by atoms with Gasteiger partial charge in [-0.3, -0.25) is 9.05 Å². The first-order valence-electron chi connectivity index (χ1n) is 7.48. The summed E-state index contributed by atoms with van der Waals surface area (Å²) in [4.78, 5) is 10.2. The molecule has 0 aliphatic heterocycles. The molecule has 0 saturated carbocycles. The summed E-state index contributed by atoms with van der Waals surface area (Å²) in [5, 5.41) is 0. The van der Waals surface area contributed by atoms with Gasteiger partial charge in [0.1, 0.15) is 0 Å². The molecule has 0 aliphatic rings. The van der Waals surface area contributed by atoms with E-state index < -0.39 is 19.0 Å². The fourth-order valence-electron chi connectivity index (χ4n) is 2.38. The standard InChI is InChI=1S/C18H23O4P/c1-17(2,15-11-7-5-8-12-15)21-23(19,20)22-18(3,4)16-13-9-6-10-14-16/h5-14H,1-4H3,(H,19,20). The minimum atomic E-state index is -4.27. The van der Waals surface area contributed by atoms with Gasteiger partial charge in [0.15, 0.2) is 0 Å². The average molecular weight is 334 g/mol. The van der Waals surface area contributed by atoms with E-state index >= 15 is 0 Å². The Kier molecular flexibility index (Phi) is 5.12.